The molecule has 1 aliphatic rings. The van der Waals surface area contributed by atoms with Gasteiger partial charge in [0.1, 0.15) is 12.0 Å². The van der Waals surface area contributed by atoms with Gasteiger partial charge in [0.2, 0.25) is 0 Å². The first-order chi connectivity index (χ1) is 6.36. The van der Waals surface area contributed by atoms with Gasteiger partial charge in [-0.3, -0.25) is 0 Å². The molecular formula is C10H11N3. The summed E-state index contributed by atoms with van der Waals surface area (Å²) >= 11 is 0. The molecule has 0 unspecified atom stereocenters. The molecule has 0 atom stereocenters. The molecule has 1 fully saturated rings. The average molecular weight is 173 g/mol. The minimum absolute atomic E-state index is 0.700. The zero-order chi connectivity index (χ0) is 8.84. The molecule has 66 valence electrons. The lowest BCUT2D eigenvalue weighted by Gasteiger charge is -1.98. The number of hydrogen-bond acceptors (Lipinski definition) is 2. The van der Waals surface area contributed by atoms with Crippen LogP contribution in [-0.4, -0.2) is 14.5 Å². The minimum atomic E-state index is 0.700. The molecule has 0 radical (unpaired) electrons. The molecule has 0 spiro atoms. The normalized spacial score (nSPS) is 16.7. The first-order valence-electron chi connectivity index (χ1n) is 4.63. The molecule has 0 aromatic carbocycles. The predicted molar refractivity (Wildman–Crippen MR) is 50.5 cm³/mol. The second-order valence-corrected chi connectivity index (χ2v) is 3.71. The van der Waals surface area contributed by atoms with Crippen molar-refractivity contribution in [1.82, 2.24) is 14.5 Å². The third kappa shape index (κ3) is 0.963. The Kier molecular flexibility index (Phi) is 1.26. The fourth-order valence-electron chi connectivity index (χ4n) is 1.78. The number of rotatable bonds is 1. The number of aryl methyl sites for hydroxylation is 1. The van der Waals surface area contributed by atoms with Gasteiger partial charge < -0.3 is 4.57 Å². The van der Waals surface area contributed by atoms with Crippen molar-refractivity contribution in [2.75, 3.05) is 0 Å². The van der Waals surface area contributed by atoms with Crippen molar-refractivity contribution in [3.63, 3.8) is 0 Å². The Morgan fingerprint density at radius 2 is 2.31 bits per heavy atom. The lowest BCUT2D eigenvalue weighted by molar-refractivity contribution is 0.763. The summed E-state index contributed by atoms with van der Waals surface area (Å²) in [5.74, 6) is 0. The predicted octanol–water partition coefficient (Wildman–Crippen LogP) is 2.07. The van der Waals surface area contributed by atoms with Gasteiger partial charge in [0.15, 0.2) is 0 Å². The summed E-state index contributed by atoms with van der Waals surface area (Å²) < 4.78 is 2.28. The highest BCUT2D eigenvalue weighted by atomic mass is 15.1. The Hall–Kier alpha value is -1.38. The fraction of sp³-hybridized carbons (Fsp3) is 0.400. The summed E-state index contributed by atoms with van der Waals surface area (Å²) in [7, 11) is 0. The molecule has 1 saturated carbocycles. The van der Waals surface area contributed by atoms with Crippen LogP contribution in [0.3, 0.4) is 0 Å². The Morgan fingerprint density at radius 3 is 3.08 bits per heavy atom. The maximum Gasteiger partial charge on any atom is 0.143 e. The zero-order valence-corrected chi connectivity index (χ0v) is 7.57. The molecule has 2 heterocycles. The SMILES string of the molecule is Cc1cn(C2CC2)c2ncncc12. The number of nitrogens with zero attached hydrogens (tertiary/aromatic N) is 3. The van der Waals surface area contributed by atoms with E-state index in [9.17, 15) is 0 Å². The van der Waals surface area contributed by atoms with E-state index in [1.807, 2.05) is 6.20 Å². The summed E-state index contributed by atoms with van der Waals surface area (Å²) in [4.78, 5) is 8.36. The quantitative estimate of drug-likeness (QED) is 0.661. The topological polar surface area (TPSA) is 30.7 Å². The third-order valence-electron chi connectivity index (χ3n) is 2.63. The molecule has 0 N–H and O–H groups in total. The van der Waals surface area contributed by atoms with E-state index in [1.165, 1.54) is 23.8 Å². The smallest absolute Gasteiger partial charge is 0.143 e. The largest absolute Gasteiger partial charge is 0.329 e. The zero-order valence-electron chi connectivity index (χ0n) is 7.57. The molecule has 2 aromatic heterocycles. The lowest BCUT2D eigenvalue weighted by atomic mass is 10.3. The van der Waals surface area contributed by atoms with Gasteiger partial charge in [0.25, 0.3) is 0 Å². The fourth-order valence-corrected chi connectivity index (χ4v) is 1.78. The van der Waals surface area contributed by atoms with E-state index >= 15 is 0 Å². The van der Waals surface area contributed by atoms with E-state index in [0.717, 1.165) is 5.65 Å². The van der Waals surface area contributed by atoms with Crippen molar-refractivity contribution < 1.29 is 0 Å². The Balaban J connectivity index is 2.34. The highest BCUT2D eigenvalue weighted by Crippen LogP contribution is 2.37. The maximum absolute atomic E-state index is 4.32. The number of fused-ring (bicyclic) bond motifs is 1. The van der Waals surface area contributed by atoms with E-state index in [0.29, 0.717) is 6.04 Å². The van der Waals surface area contributed by atoms with Crippen LogP contribution in [0.4, 0.5) is 0 Å². The standard InChI is InChI=1S/C10H11N3/c1-7-5-13(8-2-3-8)10-9(7)4-11-6-12-10/h4-6,8H,2-3H2,1H3. The number of aromatic nitrogens is 3. The second-order valence-electron chi connectivity index (χ2n) is 3.71. The van der Waals surface area contributed by atoms with Crippen LogP contribution in [0.1, 0.15) is 24.4 Å². The summed E-state index contributed by atoms with van der Waals surface area (Å²) in [6.45, 7) is 2.12. The van der Waals surface area contributed by atoms with Crippen molar-refractivity contribution in [3.05, 3.63) is 24.3 Å². The van der Waals surface area contributed by atoms with Crippen LogP contribution in [0.15, 0.2) is 18.7 Å². The van der Waals surface area contributed by atoms with E-state index in [4.69, 9.17) is 0 Å². The molecule has 0 saturated heterocycles. The molecule has 13 heavy (non-hydrogen) atoms. The van der Waals surface area contributed by atoms with Gasteiger partial charge in [-0.1, -0.05) is 0 Å². The van der Waals surface area contributed by atoms with Crippen LogP contribution in [0.5, 0.6) is 0 Å². The van der Waals surface area contributed by atoms with Crippen molar-refractivity contribution >= 4 is 11.0 Å². The third-order valence-corrected chi connectivity index (χ3v) is 2.63. The summed E-state index contributed by atoms with van der Waals surface area (Å²) in [5, 5.41) is 1.19. The first-order valence-corrected chi connectivity index (χ1v) is 4.63. The summed E-state index contributed by atoms with van der Waals surface area (Å²) in [6, 6.07) is 0.700. The van der Waals surface area contributed by atoms with Crippen LogP contribution in [0.2, 0.25) is 0 Å². The molecule has 3 heteroatoms. The first kappa shape index (κ1) is 7.06. The van der Waals surface area contributed by atoms with Gasteiger partial charge in [-0.25, -0.2) is 9.97 Å². The van der Waals surface area contributed by atoms with E-state index < -0.39 is 0 Å². The van der Waals surface area contributed by atoms with Gasteiger partial charge in [0, 0.05) is 23.8 Å². The van der Waals surface area contributed by atoms with Gasteiger partial charge in [-0.15, -0.1) is 0 Å². The van der Waals surface area contributed by atoms with Gasteiger partial charge in [0.05, 0.1) is 0 Å². The Morgan fingerprint density at radius 1 is 1.46 bits per heavy atom. The molecule has 1 aliphatic carbocycles. The Bertz CT molecular complexity index is 454. The molecule has 3 rings (SSSR count). The highest BCUT2D eigenvalue weighted by Gasteiger charge is 2.25. The van der Waals surface area contributed by atoms with Gasteiger partial charge in [-0.05, 0) is 25.3 Å². The van der Waals surface area contributed by atoms with Crippen LogP contribution < -0.4 is 0 Å². The van der Waals surface area contributed by atoms with Crippen molar-refractivity contribution in [1.29, 1.82) is 0 Å². The summed E-state index contributed by atoms with van der Waals surface area (Å²) in [6.07, 6.45) is 8.31. The van der Waals surface area contributed by atoms with Crippen molar-refractivity contribution in [2.24, 2.45) is 0 Å². The van der Waals surface area contributed by atoms with Crippen molar-refractivity contribution in [3.8, 4) is 0 Å². The molecule has 2 aromatic rings. The molecule has 0 aliphatic heterocycles. The second kappa shape index (κ2) is 2.31. The van der Waals surface area contributed by atoms with Crippen LogP contribution in [-0.2, 0) is 0 Å². The average Bonchev–Trinajstić information content (AvgIpc) is 2.94. The molecule has 0 amide bonds. The van der Waals surface area contributed by atoms with Crippen molar-refractivity contribution in [2.45, 2.75) is 25.8 Å². The van der Waals surface area contributed by atoms with Crippen LogP contribution in [0, 0.1) is 6.92 Å². The van der Waals surface area contributed by atoms with Crippen LogP contribution >= 0.6 is 0 Å². The Labute approximate surface area is 76.4 Å². The number of hydrogen-bond donors (Lipinski definition) is 0. The lowest BCUT2D eigenvalue weighted by Crippen LogP contribution is -1.92. The van der Waals surface area contributed by atoms with Gasteiger partial charge >= 0.3 is 0 Å². The van der Waals surface area contributed by atoms with E-state index in [1.54, 1.807) is 6.33 Å². The van der Waals surface area contributed by atoms with E-state index in [-0.39, 0.29) is 0 Å². The molecule has 3 nitrogen and oxygen atoms in total. The van der Waals surface area contributed by atoms with Gasteiger partial charge in [-0.2, -0.15) is 0 Å². The monoisotopic (exact) mass is 173 g/mol. The van der Waals surface area contributed by atoms with Crippen LogP contribution in [0.25, 0.3) is 11.0 Å². The maximum atomic E-state index is 4.32. The van der Waals surface area contributed by atoms with E-state index in [2.05, 4.69) is 27.7 Å². The molecule has 0 bridgehead atoms. The minimum Gasteiger partial charge on any atom is -0.329 e. The molecular weight excluding hydrogens is 162 g/mol. The highest BCUT2D eigenvalue weighted by molar-refractivity contribution is 5.79. The summed E-state index contributed by atoms with van der Waals surface area (Å²) in [5.41, 5.74) is 2.37.